The van der Waals surface area contributed by atoms with Crippen LogP contribution in [0.4, 0.5) is 0 Å². The Hall–Kier alpha value is -1.37. The Bertz CT molecular complexity index is 638. The zero-order valence-corrected chi connectivity index (χ0v) is 13.0. The van der Waals surface area contributed by atoms with Crippen LogP contribution in [0.5, 0.6) is 5.75 Å². The summed E-state index contributed by atoms with van der Waals surface area (Å²) in [4.78, 5) is 19.2. The number of rotatable bonds is 4. The molecule has 1 heterocycles. The first-order chi connectivity index (χ1) is 9.15. The fourth-order valence-corrected chi connectivity index (χ4v) is 2.54. The van der Waals surface area contributed by atoms with Crippen molar-refractivity contribution >= 4 is 22.6 Å². The molecule has 1 aromatic heterocycles. The molecule has 0 aliphatic rings. The molecule has 1 aromatic carbocycles. The number of aromatic nitrogens is 2. The molecule has 0 fully saturated rings. The number of hydrogen-bond acceptors (Lipinski definition) is 3. The van der Waals surface area contributed by atoms with E-state index in [0.29, 0.717) is 15.8 Å². The van der Waals surface area contributed by atoms with Gasteiger partial charge >= 0.3 is 0 Å². The first-order valence-corrected chi connectivity index (χ1v) is 7.13. The van der Waals surface area contributed by atoms with E-state index in [0.717, 1.165) is 23.4 Å². The van der Waals surface area contributed by atoms with E-state index < -0.39 is 0 Å². The van der Waals surface area contributed by atoms with Crippen molar-refractivity contribution in [1.82, 2.24) is 9.97 Å². The highest BCUT2D eigenvalue weighted by Crippen LogP contribution is 2.19. The molecule has 0 bridgehead atoms. The van der Waals surface area contributed by atoms with Gasteiger partial charge in [-0.2, -0.15) is 0 Å². The van der Waals surface area contributed by atoms with Crippen LogP contribution in [-0.4, -0.2) is 17.1 Å². The monoisotopic (exact) mass is 370 g/mol. The lowest BCUT2D eigenvalue weighted by Crippen LogP contribution is -2.18. The average molecular weight is 370 g/mol. The highest BCUT2D eigenvalue weighted by Gasteiger charge is 2.09. The lowest BCUT2D eigenvalue weighted by Gasteiger charge is -2.09. The largest absolute Gasteiger partial charge is 0.496 e. The minimum Gasteiger partial charge on any atom is -0.496 e. The molecule has 2 rings (SSSR count). The zero-order valence-electron chi connectivity index (χ0n) is 10.9. The van der Waals surface area contributed by atoms with Gasteiger partial charge < -0.3 is 9.72 Å². The van der Waals surface area contributed by atoms with Crippen LogP contribution < -0.4 is 10.3 Å². The van der Waals surface area contributed by atoms with Crippen molar-refractivity contribution in [3.63, 3.8) is 0 Å². The van der Waals surface area contributed by atoms with Crippen molar-refractivity contribution in [2.45, 2.75) is 19.8 Å². The second-order valence-corrected chi connectivity index (χ2v) is 5.19. The zero-order chi connectivity index (χ0) is 13.8. The lowest BCUT2D eigenvalue weighted by molar-refractivity contribution is 0.410. The number of nitrogens with zero attached hydrogens (tertiary/aromatic N) is 1. The number of aromatic amines is 1. The first kappa shape index (κ1) is 14.0. The third-order valence-electron chi connectivity index (χ3n) is 2.87. The average Bonchev–Trinajstić information content (AvgIpc) is 2.43. The van der Waals surface area contributed by atoms with E-state index in [-0.39, 0.29) is 5.56 Å². The van der Waals surface area contributed by atoms with E-state index in [1.54, 1.807) is 7.11 Å². The highest BCUT2D eigenvalue weighted by atomic mass is 127. The molecule has 0 unspecified atom stereocenters. The summed E-state index contributed by atoms with van der Waals surface area (Å²) in [6, 6.07) is 7.75. The van der Waals surface area contributed by atoms with Crippen LogP contribution in [0.25, 0.3) is 0 Å². The molecule has 1 N–H and O–H groups in total. The molecule has 4 nitrogen and oxygen atoms in total. The maximum Gasteiger partial charge on any atom is 0.264 e. The summed E-state index contributed by atoms with van der Waals surface area (Å²) >= 11 is 2.04. The summed E-state index contributed by atoms with van der Waals surface area (Å²) < 4.78 is 5.98. The van der Waals surface area contributed by atoms with E-state index in [2.05, 4.69) is 9.97 Å². The van der Waals surface area contributed by atoms with Gasteiger partial charge in [-0.15, -0.1) is 0 Å². The fourth-order valence-electron chi connectivity index (χ4n) is 1.90. The summed E-state index contributed by atoms with van der Waals surface area (Å²) in [6.07, 6.45) is 1.31. The van der Waals surface area contributed by atoms with E-state index >= 15 is 0 Å². The van der Waals surface area contributed by atoms with E-state index in [1.165, 1.54) is 0 Å². The molecule has 0 amide bonds. The molecular formula is C14H15IN2O2. The molecule has 0 aliphatic heterocycles. The topological polar surface area (TPSA) is 55.0 Å². The van der Waals surface area contributed by atoms with Gasteiger partial charge in [-0.05, 0) is 35.1 Å². The van der Waals surface area contributed by atoms with E-state index in [4.69, 9.17) is 4.74 Å². The normalized spacial score (nSPS) is 10.5. The Kier molecular flexibility index (Phi) is 4.57. The smallest absolute Gasteiger partial charge is 0.264 e. The molecule has 5 heteroatoms. The molecule has 0 saturated carbocycles. The summed E-state index contributed by atoms with van der Waals surface area (Å²) in [5.74, 6) is 1.48. The Morgan fingerprint density at radius 3 is 2.79 bits per heavy atom. The van der Waals surface area contributed by atoms with Crippen LogP contribution in [0, 0.1) is 3.57 Å². The quantitative estimate of drug-likeness (QED) is 0.842. The fraction of sp³-hybridized carbons (Fsp3) is 0.286. The molecule has 0 radical (unpaired) electrons. The van der Waals surface area contributed by atoms with Crippen LogP contribution in [-0.2, 0) is 12.8 Å². The molecule has 0 aliphatic carbocycles. The molecule has 2 aromatic rings. The number of para-hydroxylation sites is 1. The van der Waals surface area contributed by atoms with Crippen LogP contribution in [0.1, 0.15) is 24.0 Å². The first-order valence-electron chi connectivity index (χ1n) is 6.05. The number of hydrogen-bond donors (Lipinski definition) is 1. The summed E-state index contributed by atoms with van der Waals surface area (Å²) in [7, 11) is 1.64. The van der Waals surface area contributed by atoms with Gasteiger partial charge in [0.05, 0.1) is 16.4 Å². The Balaban J connectivity index is 2.38. The summed E-state index contributed by atoms with van der Waals surface area (Å²) in [5.41, 5.74) is 1.78. The van der Waals surface area contributed by atoms with Crippen molar-refractivity contribution in [3.05, 3.63) is 55.3 Å². The molecule has 19 heavy (non-hydrogen) atoms. The summed E-state index contributed by atoms with van der Waals surface area (Å²) in [5, 5.41) is 0. The SMILES string of the molecule is CCc1nc(Cc2ccccc2OC)[nH]c(=O)c1I. The number of benzene rings is 1. The standard InChI is InChI=1S/C14H15IN2O2/c1-3-10-13(15)14(18)17-12(16-10)8-9-6-4-5-7-11(9)19-2/h4-7H,3,8H2,1-2H3,(H,16,17,18). The maximum absolute atomic E-state index is 11.8. The molecular weight excluding hydrogens is 355 g/mol. The lowest BCUT2D eigenvalue weighted by atomic mass is 10.1. The number of nitrogens with one attached hydrogen (secondary N) is 1. The van der Waals surface area contributed by atoms with Gasteiger partial charge in [0.25, 0.3) is 5.56 Å². The third-order valence-corrected chi connectivity index (χ3v) is 3.98. The van der Waals surface area contributed by atoms with Crippen molar-refractivity contribution < 1.29 is 4.74 Å². The van der Waals surface area contributed by atoms with Crippen molar-refractivity contribution in [1.29, 1.82) is 0 Å². The maximum atomic E-state index is 11.8. The van der Waals surface area contributed by atoms with Gasteiger partial charge in [0, 0.05) is 12.0 Å². The van der Waals surface area contributed by atoms with Crippen LogP contribution in [0.3, 0.4) is 0 Å². The number of methoxy groups -OCH3 is 1. The molecule has 0 saturated heterocycles. The van der Waals surface area contributed by atoms with Crippen LogP contribution in [0.2, 0.25) is 0 Å². The van der Waals surface area contributed by atoms with Crippen molar-refractivity contribution in [2.75, 3.05) is 7.11 Å². The summed E-state index contributed by atoms with van der Waals surface area (Å²) in [6.45, 7) is 2.00. The Morgan fingerprint density at radius 2 is 2.11 bits per heavy atom. The highest BCUT2D eigenvalue weighted by molar-refractivity contribution is 14.1. The van der Waals surface area contributed by atoms with Gasteiger partial charge in [-0.1, -0.05) is 25.1 Å². The second kappa shape index (κ2) is 6.18. The van der Waals surface area contributed by atoms with Gasteiger partial charge in [0.2, 0.25) is 0 Å². The second-order valence-electron chi connectivity index (χ2n) is 4.12. The van der Waals surface area contributed by atoms with E-state index in [9.17, 15) is 4.79 Å². The van der Waals surface area contributed by atoms with E-state index in [1.807, 2.05) is 53.8 Å². The van der Waals surface area contributed by atoms with Gasteiger partial charge in [-0.3, -0.25) is 4.79 Å². The number of H-pyrrole nitrogens is 1. The van der Waals surface area contributed by atoms with Crippen LogP contribution in [0.15, 0.2) is 29.1 Å². The van der Waals surface area contributed by atoms with Gasteiger partial charge in [0.15, 0.2) is 0 Å². The Morgan fingerprint density at radius 1 is 1.37 bits per heavy atom. The predicted molar refractivity (Wildman–Crippen MR) is 82.8 cm³/mol. The van der Waals surface area contributed by atoms with Crippen molar-refractivity contribution in [3.8, 4) is 5.75 Å². The minimum absolute atomic E-state index is 0.0719. The van der Waals surface area contributed by atoms with Gasteiger partial charge in [0.1, 0.15) is 11.6 Å². The predicted octanol–water partition coefficient (Wildman–Crippen LogP) is 2.54. The van der Waals surface area contributed by atoms with Gasteiger partial charge in [-0.25, -0.2) is 4.98 Å². The molecule has 0 spiro atoms. The number of halogens is 1. The Labute approximate surface area is 125 Å². The van der Waals surface area contributed by atoms with Crippen molar-refractivity contribution in [2.24, 2.45) is 0 Å². The third kappa shape index (κ3) is 3.15. The number of ether oxygens (including phenoxy) is 1. The minimum atomic E-state index is -0.0719. The molecule has 100 valence electrons. The molecule has 0 atom stereocenters. The van der Waals surface area contributed by atoms with Crippen LogP contribution >= 0.6 is 22.6 Å². The number of aryl methyl sites for hydroxylation is 1.